The molecule has 0 atom stereocenters. The van der Waals surface area contributed by atoms with Gasteiger partial charge in [0.05, 0.1) is 12.7 Å². The fraction of sp³-hybridized carbons (Fsp3) is 0.143. The fourth-order valence-corrected chi connectivity index (χ4v) is 1.70. The van der Waals surface area contributed by atoms with Gasteiger partial charge in [0, 0.05) is 11.9 Å². The number of halogens is 3. The van der Waals surface area contributed by atoms with Crippen molar-refractivity contribution in [3.63, 3.8) is 0 Å². The number of nitrogens with zero attached hydrogens (tertiary/aromatic N) is 1. The Morgan fingerprint density at radius 3 is 2.67 bits per heavy atom. The van der Waals surface area contributed by atoms with Crippen molar-refractivity contribution in [2.24, 2.45) is 0 Å². The smallest absolute Gasteiger partial charge is 0.416 e. The van der Waals surface area contributed by atoms with Crippen LogP contribution in [0.4, 0.5) is 18.9 Å². The monoisotopic (exact) mass is 296 g/mol. The maximum atomic E-state index is 12.6. The van der Waals surface area contributed by atoms with Crippen LogP contribution in [0.5, 0.6) is 5.88 Å². The van der Waals surface area contributed by atoms with Gasteiger partial charge in [-0.05, 0) is 30.3 Å². The first-order valence-electron chi connectivity index (χ1n) is 5.89. The molecule has 4 nitrogen and oxygen atoms in total. The van der Waals surface area contributed by atoms with Crippen LogP contribution >= 0.6 is 0 Å². The van der Waals surface area contributed by atoms with Crippen molar-refractivity contribution in [2.45, 2.75) is 6.18 Å². The van der Waals surface area contributed by atoms with Gasteiger partial charge in [-0.2, -0.15) is 13.2 Å². The van der Waals surface area contributed by atoms with Gasteiger partial charge in [0.2, 0.25) is 5.88 Å². The normalized spacial score (nSPS) is 11.0. The molecule has 1 heterocycles. The predicted molar refractivity (Wildman–Crippen MR) is 70.2 cm³/mol. The molecule has 0 fully saturated rings. The number of hydrogen-bond donors (Lipinski definition) is 1. The molecule has 0 aliphatic carbocycles. The van der Waals surface area contributed by atoms with E-state index in [4.69, 9.17) is 4.74 Å². The van der Waals surface area contributed by atoms with E-state index in [1.54, 1.807) is 0 Å². The highest BCUT2D eigenvalue weighted by molar-refractivity contribution is 6.05. The molecule has 21 heavy (non-hydrogen) atoms. The molecule has 7 heteroatoms. The van der Waals surface area contributed by atoms with Crippen LogP contribution in [0.2, 0.25) is 0 Å². The Morgan fingerprint density at radius 1 is 1.24 bits per heavy atom. The molecule has 0 saturated heterocycles. The van der Waals surface area contributed by atoms with Crippen molar-refractivity contribution in [3.05, 3.63) is 53.7 Å². The van der Waals surface area contributed by atoms with E-state index in [0.717, 1.165) is 12.1 Å². The molecule has 0 unspecified atom stereocenters. The Bertz CT molecular complexity index is 657. The van der Waals surface area contributed by atoms with Crippen molar-refractivity contribution in [1.29, 1.82) is 0 Å². The summed E-state index contributed by atoms with van der Waals surface area (Å²) in [6.45, 7) is 0. The molecular weight excluding hydrogens is 285 g/mol. The summed E-state index contributed by atoms with van der Waals surface area (Å²) in [5.74, 6) is -0.499. The minimum absolute atomic E-state index is 0.0423. The number of pyridine rings is 1. The zero-order valence-corrected chi connectivity index (χ0v) is 10.9. The number of carbonyl (C=O) groups is 1. The van der Waals surface area contributed by atoms with E-state index in [9.17, 15) is 18.0 Å². The van der Waals surface area contributed by atoms with Gasteiger partial charge >= 0.3 is 6.18 Å². The number of ether oxygens (including phenoxy) is 1. The first kappa shape index (κ1) is 14.8. The first-order chi connectivity index (χ1) is 9.91. The highest BCUT2D eigenvalue weighted by Crippen LogP contribution is 2.30. The average Bonchev–Trinajstić information content (AvgIpc) is 2.46. The summed E-state index contributed by atoms with van der Waals surface area (Å²) in [5, 5.41) is 2.39. The lowest BCUT2D eigenvalue weighted by Gasteiger charge is -2.11. The quantitative estimate of drug-likeness (QED) is 0.945. The lowest BCUT2D eigenvalue weighted by molar-refractivity contribution is -0.137. The van der Waals surface area contributed by atoms with Gasteiger partial charge in [0.15, 0.2) is 0 Å². The molecule has 2 aromatic rings. The first-order valence-corrected chi connectivity index (χ1v) is 5.89. The predicted octanol–water partition coefficient (Wildman–Crippen LogP) is 3.36. The summed E-state index contributed by atoms with van der Waals surface area (Å²) in [7, 11) is 1.35. The van der Waals surface area contributed by atoms with E-state index in [1.165, 1.54) is 37.6 Å². The molecule has 1 N–H and O–H groups in total. The summed E-state index contributed by atoms with van der Waals surface area (Å²) < 4.78 is 42.7. The van der Waals surface area contributed by atoms with Gasteiger partial charge in [-0.1, -0.05) is 6.07 Å². The van der Waals surface area contributed by atoms with Gasteiger partial charge < -0.3 is 10.1 Å². The van der Waals surface area contributed by atoms with Gasteiger partial charge in [-0.25, -0.2) is 4.98 Å². The van der Waals surface area contributed by atoms with Gasteiger partial charge in [-0.3, -0.25) is 4.79 Å². The lowest BCUT2D eigenvalue weighted by atomic mass is 10.2. The number of nitrogens with one attached hydrogen (secondary N) is 1. The summed E-state index contributed by atoms with van der Waals surface area (Å²) >= 11 is 0. The van der Waals surface area contributed by atoms with E-state index < -0.39 is 17.6 Å². The number of amides is 1. The van der Waals surface area contributed by atoms with Crippen molar-refractivity contribution in [1.82, 2.24) is 4.98 Å². The zero-order chi connectivity index (χ0) is 15.5. The third-order valence-corrected chi connectivity index (χ3v) is 2.66. The minimum atomic E-state index is -4.47. The number of anilines is 1. The van der Waals surface area contributed by atoms with Crippen LogP contribution in [0, 0.1) is 0 Å². The zero-order valence-electron chi connectivity index (χ0n) is 10.9. The molecule has 0 aliphatic rings. The standard InChI is InChI=1S/C14H11F3N2O2/c1-21-13-11(6-3-7-18-13)12(20)19-10-5-2-4-9(8-10)14(15,16)17/h2-8H,1H3,(H,19,20). The summed E-state index contributed by atoms with van der Waals surface area (Å²) in [5.41, 5.74) is -0.656. The summed E-state index contributed by atoms with van der Waals surface area (Å²) in [4.78, 5) is 15.9. The van der Waals surface area contributed by atoms with Crippen LogP contribution in [-0.2, 0) is 6.18 Å². The van der Waals surface area contributed by atoms with E-state index >= 15 is 0 Å². The largest absolute Gasteiger partial charge is 0.480 e. The molecular formula is C14H11F3N2O2. The Kier molecular flexibility index (Phi) is 4.11. The second kappa shape index (κ2) is 5.82. The van der Waals surface area contributed by atoms with Crippen LogP contribution < -0.4 is 10.1 Å². The minimum Gasteiger partial charge on any atom is -0.480 e. The third kappa shape index (κ3) is 3.50. The number of alkyl halides is 3. The number of aromatic nitrogens is 1. The number of rotatable bonds is 3. The van der Waals surface area contributed by atoms with Crippen LogP contribution in [0.3, 0.4) is 0 Å². The summed E-state index contributed by atoms with van der Waals surface area (Å²) in [6, 6.07) is 7.38. The van der Waals surface area contributed by atoms with Crippen LogP contribution in [-0.4, -0.2) is 18.0 Å². The van der Waals surface area contributed by atoms with E-state index in [-0.39, 0.29) is 17.1 Å². The van der Waals surface area contributed by atoms with Crippen molar-refractivity contribution in [2.75, 3.05) is 12.4 Å². The molecule has 110 valence electrons. The lowest BCUT2D eigenvalue weighted by Crippen LogP contribution is -2.14. The molecule has 0 spiro atoms. The number of benzene rings is 1. The Hall–Kier alpha value is -2.57. The van der Waals surface area contributed by atoms with Crippen LogP contribution in [0.1, 0.15) is 15.9 Å². The molecule has 1 aromatic heterocycles. The number of hydrogen-bond acceptors (Lipinski definition) is 3. The van der Waals surface area contributed by atoms with Crippen LogP contribution in [0.15, 0.2) is 42.6 Å². The molecule has 0 aliphatic heterocycles. The Morgan fingerprint density at radius 2 is 2.00 bits per heavy atom. The molecule has 0 saturated carbocycles. The average molecular weight is 296 g/mol. The van der Waals surface area contributed by atoms with E-state index in [0.29, 0.717) is 0 Å². The highest BCUT2D eigenvalue weighted by Gasteiger charge is 2.30. The van der Waals surface area contributed by atoms with Gasteiger partial charge in [0.1, 0.15) is 5.56 Å². The topological polar surface area (TPSA) is 51.2 Å². The summed E-state index contributed by atoms with van der Waals surface area (Å²) in [6.07, 6.45) is -3.02. The second-order valence-electron chi connectivity index (χ2n) is 4.09. The maximum absolute atomic E-state index is 12.6. The van der Waals surface area contributed by atoms with Gasteiger partial charge in [-0.15, -0.1) is 0 Å². The van der Waals surface area contributed by atoms with Gasteiger partial charge in [0.25, 0.3) is 5.91 Å². The molecule has 1 amide bonds. The van der Waals surface area contributed by atoms with Crippen molar-refractivity contribution < 1.29 is 22.7 Å². The molecule has 0 bridgehead atoms. The van der Waals surface area contributed by atoms with Crippen LogP contribution in [0.25, 0.3) is 0 Å². The van der Waals surface area contributed by atoms with Crippen molar-refractivity contribution in [3.8, 4) is 5.88 Å². The Balaban J connectivity index is 2.24. The highest BCUT2D eigenvalue weighted by atomic mass is 19.4. The fourth-order valence-electron chi connectivity index (χ4n) is 1.70. The maximum Gasteiger partial charge on any atom is 0.416 e. The number of carbonyl (C=O) groups excluding carboxylic acids is 1. The SMILES string of the molecule is COc1ncccc1C(=O)Nc1cccc(C(F)(F)F)c1. The van der Waals surface area contributed by atoms with E-state index in [1.807, 2.05) is 0 Å². The third-order valence-electron chi connectivity index (χ3n) is 2.66. The molecule has 1 aromatic carbocycles. The molecule has 2 rings (SSSR count). The Labute approximate surface area is 118 Å². The molecule has 0 radical (unpaired) electrons. The van der Waals surface area contributed by atoms with Crippen molar-refractivity contribution >= 4 is 11.6 Å². The van der Waals surface area contributed by atoms with E-state index in [2.05, 4.69) is 10.3 Å². The number of methoxy groups -OCH3 is 1. The second-order valence-corrected chi connectivity index (χ2v) is 4.09.